The molecule has 150 valence electrons. The van der Waals surface area contributed by atoms with Gasteiger partial charge in [0.05, 0.1) is 4.90 Å². The van der Waals surface area contributed by atoms with Gasteiger partial charge in [-0.15, -0.1) is 0 Å². The summed E-state index contributed by atoms with van der Waals surface area (Å²) in [6.07, 6.45) is 0. The molecule has 0 atom stereocenters. The highest BCUT2D eigenvalue weighted by Crippen LogP contribution is 2.32. The lowest BCUT2D eigenvalue weighted by Crippen LogP contribution is -2.12. The van der Waals surface area contributed by atoms with Gasteiger partial charge in [-0.3, -0.25) is 0 Å². The van der Waals surface area contributed by atoms with Gasteiger partial charge in [0.25, 0.3) is 9.05 Å². The fourth-order valence-electron chi connectivity index (χ4n) is 2.35. The minimum atomic E-state index is -3.69. The van der Waals surface area contributed by atoms with Crippen LogP contribution in [0.1, 0.15) is 52.7 Å². The Morgan fingerprint density at radius 1 is 0.778 bits per heavy atom. The van der Waals surface area contributed by atoms with Crippen molar-refractivity contribution in [1.29, 1.82) is 0 Å². The van der Waals surface area contributed by atoms with E-state index >= 15 is 0 Å². The van der Waals surface area contributed by atoms with Crippen LogP contribution in [-0.2, 0) is 19.9 Å². The van der Waals surface area contributed by atoms with Crippen LogP contribution in [0.25, 0.3) is 0 Å². The van der Waals surface area contributed by atoms with Crippen molar-refractivity contribution in [2.75, 3.05) is 5.73 Å². The molecule has 3 nitrogen and oxygen atoms in total. The van der Waals surface area contributed by atoms with Crippen molar-refractivity contribution in [2.24, 2.45) is 0 Å². The molecule has 0 fully saturated rings. The van der Waals surface area contributed by atoms with E-state index in [1.165, 1.54) is 12.1 Å². The minimum absolute atomic E-state index is 0.0620. The summed E-state index contributed by atoms with van der Waals surface area (Å²) in [5.41, 5.74) is 8.15. The molecule has 0 saturated heterocycles. The standard InChI is InChI=1S/C10H12Cl2O2S.C10H14ClN/c1-10(2,3)8-6-7(15(12,13)14)4-5-9(8)11;1-10(2,3)8-6-7(12)4-5-9(8)11/h4-6H,1-3H3;4-6H,12H2,1-3H3. The number of hydrogen-bond acceptors (Lipinski definition) is 3. The van der Waals surface area contributed by atoms with Gasteiger partial charge < -0.3 is 5.73 Å². The van der Waals surface area contributed by atoms with E-state index in [0.29, 0.717) is 5.02 Å². The van der Waals surface area contributed by atoms with E-state index in [1.807, 2.05) is 39.0 Å². The molecule has 0 aliphatic heterocycles. The number of halogens is 3. The first-order valence-corrected chi connectivity index (χ1v) is 11.4. The first-order chi connectivity index (χ1) is 12.0. The van der Waals surface area contributed by atoms with E-state index in [0.717, 1.165) is 21.8 Å². The molecule has 0 radical (unpaired) electrons. The quantitative estimate of drug-likeness (QED) is 0.384. The summed E-state index contributed by atoms with van der Waals surface area (Å²) in [6.45, 7) is 12.2. The molecule has 27 heavy (non-hydrogen) atoms. The van der Waals surface area contributed by atoms with Crippen LogP contribution < -0.4 is 5.73 Å². The predicted octanol–water partition coefficient (Wildman–Crippen LogP) is 6.78. The predicted molar refractivity (Wildman–Crippen MR) is 118 cm³/mol. The van der Waals surface area contributed by atoms with Crippen molar-refractivity contribution >= 4 is 48.6 Å². The van der Waals surface area contributed by atoms with E-state index in [4.69, 9.17) is 39.6 Å². The molecule has 0 amide bonds. The number of nitrogen functional groups attached to an aromatic ring is 1. The molecule has 2 aromatic rings. The first-order valence-electron chi connectivity index (χ1n) is 8.33. The Morgan fingerprint density at radius 3 is 1.56 bits per heavy atom. The van der Waals surface area contributed by atoms with Crippen molar-refractivity contribution in [3.05, 3.63) is 57.6 Å². The summed E-state index contributed by atoms with van der Waals surface area (Å²) in [5, 5.41) is 1.34. The Kier molecular flexibility index (Phi) is 7.68. The second kappa shape index (κ2) is 8.60. The lowest BCUT2D eigenvalue weighted by atomic mass is 9.87. The number of rotatable bonds is 1. The molecular weight excluding hydrogens is 425 g/mol. The van der Waals surface area contributed by atoms with Gasteiger partial charge in [0, 0.05) is 26.4 Å². The number of nitrogens with two attached hydrogens (primary N) is 1. The van der Waals surface area contributed by atoms with Gasteiger partial charge in [0.15, 0.2) is 0 Å². The largest absolute Gasteiger partial charge is 0.399 e. The summed E-state index contributed by atoms with van der Waals surface area (Å²) >= 11 is 12.0. The second-order valence-corrected chi connectivity index (χ2v) is 11.7. The second-order valence-electron chi connectivity index (χ2n) is 8.32. The van der Waals surface area contributed by atoms with Crippen molar-refractivity contribution < 1.29 is 8.42 Å². The zero-order valence-corrected chi connectivity index (χ0v) is 19.5. The Labute approximate surface area is 177 Å². The van der Waals surface area contributed by atoms with Gasteiger partial charge in [-0.05, 0) is 58.4 Å². The van der Waals surface area contributed by atoms with Crippen LogP contribution >= 0.6 is 33.9 Å². The molecule has 2 rings (SSSR count). The average Bonchev–Trinajstić information content (AvgIpc) is 2.47. The Morgan fingerprint density at radius 2 is 1.19 bits per heavy atom. The minimum Gasteiger partial charge on any atom is -0.399 e. The van der Waals surface area contributed by atoms with Crippen LogP contribution in [0.5, 0.6) is 0 Å². The number of hydrogen-bond donors (Lipinski definition) is 1. The van der Waals surface area contributed by atoms with Crippen molar-refractivity contribution in [2.45, 2.75) is 57.3 Å². The molecule has 0 spiro atoms. The molecule has 0 saturated carbocycles. The van der Waals surface area contributed by atoms with Crippen LogP contribution in [0.15, 0.2) is 41.3 Å². The Bertz CT molecular complexity index is 912. The van der Waals surface area contributed by atoms with Gasteiger partial charge >= 0.3 is 0 Å². The van der Waals surface area contributed by atoms with Crippen molar-refractivity contribution in [1.82, 2.24) is 0 Å². The Hall–Kier alpha value is -0.940. The number of benzene rings is 2. The topological polar surface area (TPSA) is 60.2 Å². The summed E-state index contributed by atoms with van der Waals surface area (Å²) in [5.74, 6) is 0. The molecule has 7 heteroatoms. The highest BCUT2D eigenvalue weighted by molar-refractivity contribution is 8.13. The van der Waals surface area contributed by atoms with Crippen LogP contribution in [0.4, 0.5) is 5.69 Å². The SMILES string of the molecule is CC(C)(C)c1cc(N)ccc1Cl.CC(C)(C)c1cc(S(=O)(=O)Cl)ccc1Cl. The molecule has 0 aliphatic rings. The molecule has 0 aliphatic carbocycles. The fourth-order valence-corrected chi connectivity index (χ4v) is 3.93. The van der Waals surface area contributed by atoms with E-state index in [1.54, 1.807) is 6.07 Å². The third kappa shape index (κ3) is 7.19. The van der Waals surface area contributed by atoms with Crippen LogP contribution in [0, 0.1) is 0 Å². The normalized spacial score (nSPS) is 12.3. The fraction of sp³-hybridized carbons (Fsp3) is 0.400. The third-order valence-electron chi connectivity index (χ3n) is 3.83. The monoisotopic (exact) mass is 449 g/mol. The zero-order chi connectivity index (χ0) is 21.2. The molecule has 0 bridgehead atoms. The molecule has 2 N–H and O–H groups in total. The van der Waals surface area contributed by atoms with Gasteiger partial charge in [-0.25, -0.2) is 8.42 Å². The van der Waals surface area contributed by atoms with E-state index in [9.17, 15) is 8.42 Å². The zero-order valence-electron chi connectivity index (χ0n) is 16.4. The van der Waals surface area contributed by atoms with Crippen molar-refractivity contribution in [3.8, 4) is 0 Å². The lowest BCUT2D eigenvalue weighted by molar-refractivity contribution is 0.586. The van der Waals surface area contributed by atoms with Gasteiger partial charge in [-0.1, -0.05) is 64.7 Å². The highest BCUT2D eigenvalue weighted by atomic mass is 35.7. The molecule has 0 heterocycles. The summed E-state index contributed by atoms with van der Waals surface area (Å²) in [7, 11) is 1.57. The first kappa shape index (κ1) is 24.1. The summed E-state index contributed by atoms with van der Waals surface area (Å²) < 4.78 is 22.3. The molecule has 0 aromatic heterocycles. The van der Waals surface area contributed by atoms with Gasteiger partial charge in [-0.2, -0.15) is 0 Å². The number of anilines is 1. The highest BCUT2D eigenvalue weighted by Gasteiger charge is 2.20. The molecular formula is C20H26Cl3NO2S. The van der Waals surface area contributed by atoms with Crippen molar-refractivity contribution in [3.63, 3.8) is 0 Å². The van der Waals surface area contributed by atoms with E-state index in [-0.39, 0.29) is 15.7 Å². The molecule has 0 unspecified atom stereocenters. The van der Waals surface area contributed by atoms with Crippen LogP contribution in [0.2, 0.25) is 10.0 Å². The maximum absolute atomic E-state index is 11.1. The molecule has 2 aromatic carbocycles. The van der Waals surface area contributed by atoms with Crippen LogP contribution in [0.3, 0.4) is 0 Å². The maximum Gasteiger partial charge on any atom is 0.261 e. The van der Waals surface area contributed by atoms with Gasteiger partial charge in [0.1, 0.15) is 0 Å². The van der Waals surface area contributed by atoms with E-state index < -0.39 is 9.05 Å². The van der Waals surface area contributed by atoms with Crippen LogP contribution in [-0.4, -0.2) is 8.42 Å². The summed E-state index contributed by atoms with van der Waals surface area (Å²) in [4.78, 5) is 0.0819. The summed E-state index contributed by atoms with van der Waals surface area (Å²) in [6, 6.07) is 10.1. The average molecular weight is 451 g/mol. The van der Waals surface area contributed by atoms with E-state index in [2.05, 4.69) is 20.8 Å². The third-order valence-corrected chi connectivity index (χ3v) is 5.84. The lowest BCUT2D eigenvalue weighted by Gasteiger charge is -2.20. The van der Waals surface area contributed by atoms with Gasteiger partial charge in [0.2, 0.25) is 0 Å². The smallest absolute Gasteiger partial charge is 0.261 e. The Balaban J connectivity index is 0.000000277. The maximum atomic E-state index is 11.1.